The molecular weight excluding hydrogens is 300 g/mol. The van der Waals surface area contributed by atoms with Crippen molar-refractivity contribution in [3.8, 4) is 5.75 Å². The first-order valence-corrected chi connectivity index (χ1v) is 9.28. The van der Waals surface area contributed by atoms with Gasteiger partial charge in [-0.05, 0) is 62.8 Å². The molecule has 0 aliphatic carbocycles. The molecule has 2 fully saturated rings. The van der Waals surface area contributed by atoms with Crippen LogP contribution >= 0.6 is 0 Å². The number of aryl methyl sites for hydroxylation is 1. The molecule has 1 aromatic carbocycles. The lowest BCUT2D eigenvalue weighted by Gasteiger charge is -2.44. The predicted octanol–water partition coefficient (Wildman–Crippen LogP) is 3.37. The molecule has 1 atom stereocenters. The molecule has 2 aliphatic heterocycles. The number of hydrogen-bond donors (Lipinski definition) is 0. The highest BCUT2D eigenvalue weighted by atomic mass is 16.5. The lowest BCUT2D eigenvalue weighted by molar-refractivity contribution is -0.147. The van der Waals surface area contributed by atoms with E-state index in [0.717, 1.165) is 69.6 Å². The second kappa shape index (κ2) is 7.14. The molecular formula is C20H30N2O2. The summed E-state index contributed by atoms with van der Waals surface area (Å²) in [5, 5.41) is 0. The van der Waals surface area contributed by atoms with Gasteiger partial charge < -0.3 is 9.64 Å². The summed E-state index contributed by atoms with van der Waals surface area (Å²) >= 11 is 0. The summed E-state index contributed by atoms with van der Waals surface area (Å²) < 4.78 is 5.36. The van der Waals surface area contributed by atoms with Gasteiger partial charge in [-0.2, -0.15) is 0 Å². The Hall–Kier alpha value is -1.55. The van der Waals surface area contributed by atoms with E-state index in [1.54, 1.807) is 7.11 Å². The topological polar surface area (TPSA) is 32.8 Å². The molecule has 1 amide bonds. The van der Waals surface area contributed by atoms with Gasteiger partial charge in [0.2, 0.25) is 5.91 Å². The highest BCUT2D eigenvalue weighted by molar-refractivity contribution is 5.87. The Bertz CT molecular complexity index is 599. The van der Waals surface area contributed by atoms with Crippen molar-refractivity contribution in [1.29, 1.82) is 0 Å². The molecule has 2 aliphatic rings. The first-order valence-electron chi connectivity index (χ1n) is 9.28. The molecule has 0 aromatic heterocycles. The van der Waals surface area contributed by atoms with Crippen LogP contribution in [0.1, 0.15) is 50.2 Å². The number of ether oxygens (including phenoxy) is 1. The van der Waals surface area contributed by atoms with E-state index in [9.17, 15) is 4.79 Å². The van der Waals surface area contributed by atoms with Gasteiger partial charge in [0.1, 0.15) is 11.3 Å². The zero-order valence-corrected chi connectivity index (χ0v) is 15.3. The Morgan fingerprint density at radius 3 is 2.62 bits per heavy atom. The first kappa shape index (κ1) is 17.3. The fraction of sp³-hybridized carbons (Fsp3) is 0.650. The zero-order valence-electron chi connectivity index (χ0n) is 15.3. The Morgan fingerprint density at radius 2 is 1.96 bits per heavy atom. The number of amides is 1. The van der Waals surface area contributed by atoms with E-state index in [0.29, 0.717) is 5.91 Å². The van der Waals surface area contributed by atoms with Crippen molar-refractivity contribution >= 4 is 5.91 Å². The summed E-state index contributed by atoms with van der Waals surface area (Å²) in [6, 6.07) is 6.37. The van der Waals surface area contributed by atoms with E-state index < -0.39 is 0 Å². The monoisotopic (exact) mass is 330 g/mol. The van der Waals surface area contributed by atoms with Gasteiger partial charge in [0.25, 0.3) is 0 Å². The second-order valence-corrected chi connectivity index (χ2v) is 7.26. The molecule has 1 aromatic rings. The van der Waals surface area contributed by atoms with Gasteiger partial charge in [0, 0.05) is 19.6 Å². The SMILES string of the molecule is CCCN1CCCC2(CCCN2Cc2ccc(OC)c(C)c2)C1=O. The van der Waals surface area contributed by atoms with Crippen molar-refractivity contribution in [2.45, 2.75) is 58.0 Å². The first-order chi connectivity index (χ1) is 11.6. The Labute approximate surface area is 145 Å². The minimum absolute atomic E-state index is 0.249. The van der Waals surface area contributed by atoms with Crippen LogP contribution in [0, 0.1) is 6.92 Å². The molecule has 2 heterocycles. The number of rotatable bonds is 5. The highest BCUT2D eigenvalue weighted by Gasteiger charge is 2.50. The molecule has 0 bridgehead atoms. The minimum atomic E-state index is -0.249. The molecule has 1 spiro atoms. The molecule has 1 unspecified atom stereocenters. The van der Waals surface area contributed by atoms with E-state index in [-0.39, 0.29) is 5.54 Å². The fourth-order valence-electron chi connectivity index (χ4n) is 4.50. The average Bonchev–Trinajstić information content (AvgIpc) is 2.96. The summed E-state index contributed by atoms with van der Waals surface area (Å²) in [6.45, 7) is 7.95. The third-order valence-electron chi connectivity index (χ3n) is 5.65. The van der Waals surface area contributed by atoms with Crippen LogP contribution < -0.4 is 4.74 Å². The highest BCUT2D eigenvalue weighted by Crippen LogP contribution is 2.39. The van der Waals surface area contributed by atoms with Gasteiger partial charge in [-0.1, -0.05) is 19.1 Å². The molecule has 2 saturated heterocycles. The number of piperidine rings is 1. The second-order valence-electron chi connectivity index (χ2n) is 7.26. The molecule has 4 heteroatoms. The normalized spacial score (nSPS) is 24.8. The van der Waals surface area contributed by atoms with Gasteiger partial charge in [-0.3, -0.25) is 9.69 Å². The Balaban J connectivity index is 1.80. The van der Waals surface area contributed by atoms with Crippen LogP contribution in [0.5, 0.6) is 5.75 Å². The van der Waals surface area contributed by atoms with Crippen molar-refractivity contribution in [3.05, 3.63) is 29.3 Å². The summed E-state index contributed by atoms with van der Waals surface area (Å²) in [5.41, 5.74) is 2.18. The van der Waals surface area contributed by atoms with Crippen LogP contribution in [0.15, 0.2) is 18.2 Å². The van der Waals surface area contributed by atoms with E-state index in [1.165, 1.54) is 5.56 Å². The van der Waals surface area contributed by atoms with Crippen molar-refractivity contribution in [3.63, 3.8) is 0 Å². The molecule has 3 rings (SSSR count). The maximum atomic E-state index is 13.2. The molecule has 0 N–H and O–H groups in total. The van der Waals surface area contributed by atoms with Crippen LogP contribution in [0.2, 0.25) is 0 Å². The van der Waals surface area contributed by atoms with Gasteiger partial charge in [-0.15, -0.1) is 0 Å². The molecule has 0 saturated carbocycles. The molecule has 4 nitrogen and oxygen atoms in total. The van der Waals surface area contributed by atoms with Crippen molar-refractivity contribution in [2.75, 3.05) is 26.7 Å². The number of carbonyl (C=O) groups is 1. The Morgan fingerprint density at radius 1 is 1.21 bits per heavy atom. The number of methoxy groups -OCH3 is 1. The van der Waals surface area contributed by atoms with Crippen LogP contribution in [-0.4, -0.2) is 48.0 Å². The summed E-state index contributed by atoms with van der Waals surface area (Å²) in [4.78, 5) is 17.7. The van der Waals surface area contributed by atoms with E-state index in [4.69, 9.17) is 4.74 Å². The third-order valence-corrected chi connectivity index (χ3v) is 5.65. The lowest BCUT2D eigenvalue weighted by Crippen LogP contribution is -2.59. The maximum Gasteiger partial charge on any atom is 0.243 e. The maximum absolute atomic E-state index is 13.2. The van der Waals surface area contributed by atoms with E-state index in [1.807, 2.05) is 6.07 Å². The van der Waals surface area contributed by atoms with E-state index >= 15 is 0 Å². The van der Waals surface area contributed by atoms with Gasteiger partial charge in [0.15, 0.2) is 0 Å². The van der Waals surface area contributed by atoms with E-state index in [2.05, 4.69) is 35.8 Å². The van der Waals surface area contributed by atoms with Gasteiger partial charge in [-0.25, -0.2) is 0 Å². The van der Waals surface area contributed by atoms with Gasteiger partial charge >= 0.3 is 0 Å². The fourth-order valence-corrected chi connectivity index (χ4v) is 4.50. The van der Waals surface area contributed by atoms with Crippen LogP contribution in [0.3, 0.4) is 0 Å². The summed E-state index contributed by atoms with van der Waals surface area (Å²) in [5.74, 6) is 1.30. The molecule has 132 valence electrons. The molecule has 24 heavy (non-hydrogen) atoms. The van der Waals surface area contributed by atoms with Gasteiger partial charge in [0.05, 0.1) is 7.11 Å². The minimum Gasteiger partial charge on any atom is -0.496 e. The zero-order chi connectivity index (χ0) is 17.2. The largest absolute Gasteiger partial charge is 0.496 e. The number of carbonyl (C=O) groups excluding carboxylic acids is 1. The predicted molar refractivity (Wildman–Crippen MR) is 96.2 cm³/mol. The average molecular weight is 330 g/mol. The van der Waals surface area contributed by atoms with Crippen molar-refractivity contribution in [2.24, 2.45) is 0 Å². The Kier molecular flexibility index (Phi) is 5.14. The third kappa shape index (κ3) is 3.04. The van der Waals surface area contributed by atoms with Crippen molar-refractivity contribution < 1.29 is 9.53 Å². The standard InChI is InChI=1S/C20H30N2O2/c1-4-11-21-12-5-9-20(19(21)23)10-6-13-22(20)15-17-7-8-18(24-3)16(2)14-17/h7-8,14H,4-6,9-13,15H2,1-3H3. The molecule has 0 radical (unpaired) electrons. The lowest BCUT2D eigenvalue weighted by atomic mass is 9.85. The van der Waals surface area contributed by atoms with Crippen LogP contribution in [0.25, 0.3) is 0 Å². The number of nitrogens with zero attached hydrogens (tertiary/aromatic N) is 2. The quantitative estimate of drug-likeness (QED) is 0.830. The number of likely N-dealkylation sites (tertiary alicyclic amines) is 2. The van der Waals surface area contributed by atoms with Crippen LogP contribution in [0.4, 0.5) is 0 Å². The van der Waals surface area contributed by atoms with Crippen molar-refractivity contribution in [1.82, 2.24) is 9.80 Å². The smallest absolute Gasteiger partial charge is 0.243 e. The van der Waals surface area contributed by atoms with Crippen LogP contribution in [-0.2, 0) is 11.3 Å². The number of hydrogen-bond acceptors (Lipinski definition) is 3. The summed E-state index contributed by atoms with van der Waals surface area (Å²) in [7, 11) is 1.71. The summed E-state index contributed by atoms with van der Waals surface area (Å²) in [6.07, 6.45) is 5.33. The number of benzene rings is 1.